The van der Waals surface area contributed by atoms with Crippen molar-refractivity contribution in [2.75, 3.05) is 5.73 Å². The van der Waals surface area contributed by atoms with Crippen molar-refractivity contribution in [1.82, 2.24) is 15.2 Å². The van der Waals surface area contributed by atoms with Crippen molar-refractivity contribution in [1.29, 1.82) is 0 Å². The number of anilines is 1. The van der Waals surface area contributed by atoms with Gasteiger partial charge in [-0.25, -0.2) is 5.10 Å². The summed E-state index contributed by atoms with van der Waals surface area (Å²) >= 11 is 1.08. The molecule has 6 nitrogen and oxygen atoms in total. The summed E-state index contributed by atoms with van der Waals surface area (Å²) in [4.78, 5) is 14.4. The minimum Gasteiger partial charge on any atom is -0.480 e. The molecule has 1 unspecified atom stereocenters. The van der Waals surface area contributed by atoms with Crippen molar-refractivity contribution in [2.24, 2.45) is 0 Å². The Morgan fingerprint density at radius 2 is 2.43 bits per heavy atom. The van der Waals surface area contributed by atoms with Crippen LogP contribution in [-0.2, 0) is 4.79 Å². The number of carbonyl (C=O) groups is 1. The molecular weight excluding hydrogens is 228 g/mol. The first-order valence-corrected chi connectivity index (χ1v) is 4.58. The van der Waals surface area contributed by atoms with E-state index in [1.807, 2.05) is 0 Å². The van der Waals surface area contributed by atoms with Gasteiger partial charge in [0.05, 0.1) is 0 Å². The molecule has 0 saturated carbocycles. The van der Waals surface area contributed by atoms with Crippen LogP contribution in [0.3, 0.4) is 0 Å². The first kappa shape index (κ1) is 13.1. The van der Waals surface area contributed by atoms with E-state index in [0.717, 1.165) is 11.8 Å². The van der Waals surface area contributed by atoms with Gasteiger partial charge in [-0.2, -0.15) is 4.98 Å². The van der Waals surface area contributed by atoms with E-state index in [1.54, 1.807) is 6.92 Å². The molecule has 1 rings (SSSR count). The third kappa shape index (κ3) is 3.43. The number of H-pyrrole nitrogens is 1. The molecule has 0 fully saturated rings. The average Bonchev–Trinajstić information content (AvgIpc) is 2.46. The Labute approximate surface area is 91.1 Å². The molecule has 0 aliphatic carbocycles. The lowest BCUT2D eigenvalue weighted by Gasteiger charge is -2.04. The van der Waals surface area contributed by atoms with Gasteiger partial charge < -0.3 is 10.8 Å². The summed E-state index contributed by atoms with van der Waals surface area (Å²) in [6.07, 6.45) is 0.522. The van der Waals surface area contributed by atoms with Crippen molar-refractivity contribution < 1.29 is 9.90 Å². The molecule has 0 aromatic carbocycles. The summed E-state index contributed by atoms with van der Waals surface area (Å²) in [6, 6.07) is 0. The summed E-state index contributed by atoms with van der Waals surface area (Å²) in [7, 11) is 0. The van der Waals surface area contributed by atoms with E-state index < -0.39 is 11.2 Å². The van der Waals surface area contributed by atoms with E-state index in [0.29, 0.717) is 11.6 Å². The van der Waals surface area contributed by atoms with Gasteiger partial charge in [0.1, 0.15) is 5.25 Å². The maximum Gasteiger partial charge on any atom is 0.317 e. The maximum absolute atomic E-state index is 10.6. The third-order valence-corrected chi connectivity index (χ3v) is 2.59. The quantitative estimate of drug-likeness (QED) is 0.669. The number of carboxylic acids is 1. The zero-order valence-corrected chi connectivity index (χ0v) is 9.06. The predicted octanol–water partition coefficient (Wildman–Crippen LogP) is 0.764. The van der Waals surface area contributed by atoms with Crippen molar-refractivity contribution in [3.63, 3.8) is 0 Å². The second-order valence-corrected chi connectivity index (χ2v) is 3.53. The van der Waals surface area contributed by atoms with Crippen molar-refractivity contribution >= 4 is 36.1 Å². The number of carboxylic acid groups (broad SMARTS) is 1. The lowest BCUT2D eigenvalue weighted by Crippen LogP contribution is -2.14. The SMILES string of the molecule is CCC(Sc1n[nH]c(N)n1)C(=O)O.Cl. The molecule has 1 aromatic rings. The van der Waals surface area contributed by atoms with Gasteiger partial charge in [0.25, 0.3) is 0 Å². The number of aromatic nitrogens is 3. The highest BCUT2D eigenvalue weighted by molar-refractivity contribution is 8.00. The lowest BCUT2D eigenvalue weighted by molar-refractivity contribution is -0.136. The Balaban J connectivity index is 0.00000169. The second-order valence-electron chi connectivity index (χ2n) is 2.36. The number of rotatable bonds is 4. The molecule has 0 bridgehead atoms. The van der Waals surface area contributed by atoms with Gasteiger partial charge in [0.15, 0.2) is 0 Å². The fourth-order valence-corrected chi connectivity index (χ4v) is 1.52. The van der Waals surface area contributed by atoms with Crippen LogP contribution in [-0.4, -0.2) is 31.5 Å². The normalized spacial score (nSPS) is 11.8. The fourth-order valence-electron chi connectivity index (χ4n) is 0.746. The largest absolute Gasteiger partial charge is 0.480 e. The van der Waals surface area contributed by atoms with Crippen LogP contribution < -0.4 is 5.73 Å². The van der Waals surface area contributed by atoms with Crippen molar-refractivity contribution in [2.45, 2.75) is 23.8 Å². The molecule has 0 aliphatic heterocycles. The average molecular weight is 239 g/mol. The standard InChI is InChI=1S/C6H10N4O2S.ClH/c1-2-3(4(11)12)13-6-8-5(7)9-10-6;/h3H,2H2,1H3,(H,11,12)(H3,7,8,9,10);1H. The van der Waals surface area contributed by atoms with Crippen LogP contribution in [0, 0.1) is 0 Å². The van der Waals surface area contributed by atoms with Gasteiger partial charge in [0.2, 0.25) is 11.1 Å². The molecule has 1 aromatic heterocycles. The van der Waals surface area contributed by atoms with Gasteiger partial charge in [-0.1, -0.05) is 18.7 Å². The minimum absolute atomic E-state index is 0. The summed E-state index contributed by atoms with van der Waals surface area (Å²) in [6.45, 7) is 1.79. The van der Waals surface area contributed by atoms with Crippen LogP contribution >= 0.6 is 24.2 Å². The van der Waals surface area contributed by atoms with Gasteiger partial charge in [0, 0.05) is 0 Å². The second kappa shape index (κ2) is 5.71. The van der Waals surface area contributed by atoms with Gasteiger partial charge >= 0.3 is 5.97 Å². The summed E-state index contributed by atoms with van der Waals surface area (Å²) < 4.78 is 0. The summed E-state index contributed by atoms with van der Waals surface area (Å²) in [5, 5.41) is 14.7. The van der Waals surface area contributed by atoms with Crippen molar-refractivity contribution in [3.8, 4) is 0 Å². The topological polar surface area (TPSA) is 105 Å². The number of aromatic amines is 1. The first-order chi connectivity index (χ1) is 6.13. The third-order valence-electron chi connectivity index (χ3n) is 1.38. The number of nitrogens with one attached hydrogen (secondary N) is 1. The number of aliphatic carboxylic acids is 1. The Morgan fingerprint density at radius 3 is 2.79 bits per heavy atom. The van der Waals surface area contributed by atoms with Gasteiger partial charge in [-0.05, 0) is 6.42 Å². The number of nitrogens with two attached hydrogens (primary N) is 1. The van der Waals surface area contributed by atoms with E-state index in [2.05, 4.69) is 15.2 Å². The van der Waals surface area contributed by atoms with E-state index in [4.69, 9.17) is 10.8 Å². The number of hydrogen-bond acceptors (Lipinski definition) is 5. The van der Waals surface area contributed by atoms with Gasteiger partial charge in [-0.15, -0.1) is 17.5 Å². The minimum atomic E-state index is -0.865. The molecule has 0 amide bonds. The summed E-state index contributed by atoms with van der Waals surface area (Å²) in [5.74, 6) is -0.668. The van der Waals surface area contributed by atoms with Crippen LogP contribution in [0.4, 0.5) is 5.95 Å². The fraction of sp³-hybridized carbons (Fsp3) is 0.500. The smallest absolute Gasteiger partial charge is 0.317 e. The highest BCUT2D eigenvalue weighted by Crippen LogP contribution is 2.21. The van der Waals surface area contributed by atoms with E-state index in [1.165, 1.54) is 0 Å². The van der Waals surface area contributed by atoms with Crippen LogP contribution in [0.15, 0.2) is 5.16 Å². The highest BCUT2D eigenvalue weighted by atomic mass is 35.5. The molecule has 1 atom stereocenters. The number of hydrogen-bond donors (Lipinski definition) is 3. The van der Waals surface area contributed by atoms with Crippen LogP contribution in [0.25, 0.3) is 0 Å². The molecular formula is C6H11ClN4O2S. The first-order valence-electron chi connectivity index (χ1n) is 3.70. The molecule has 14 heavy (non-hydrogen) atoms. The van der Waals surface area contributed by atoms with E-state index in [-0.39, 0.29) is 18.4 Å². The van der Waals surface area contributed by atoms with E-state index in [9.17, 15) is 4.79 Å². The molecule has 4 N–H and O–H groups in total. The maximum atomic E-state index is 10.6. The zero-order chi connectivity index (χ0) is 9.84. The predicted molar refractivity (Wildman–Crippen MR) is 55.6 cm³/mol. The Morgan fingerprint density at radius 1 is 1.79 bits per heavy atom. The number of nitrogens with zero attached hydrogens (tertiary/aromatic N) is 2. The summed E-state index contributed by atoms with van der Waals surface area (Å²) in [5.41, 5.74) is 5.28. The number of halogens is 1. The number of nitrogen functional groups attached to an aromatic ring is 1. The van der Waals surface area contributed by atoms with Crippen molar-refractivity contribution in [3.05, 3.63) is 0 Å². The molecule has 0 radical (unpaired) electrons. The molecule has 0 spiro atoms. The highest BCUT2D eigenvalue weighted by Gasteiger charge is 2.18. The molecule has 8 heteroatoms. The van der Waals surface area contributed by atoms with Crippen LogP contribution in [0.1, 0.15) is 13.3 Å². The Bertz CT molecular complexity index is 306. The van der Waals surface area contributed by atoms with Gasteiger partial charge in [-0.3, -0.25) is 4.79 Å². The Kier molecular flexibility index (Phi) is 5.32. The molecule has 0 aliphatic rings. The molecule has 1 heterocycles. The van der Waals surface area contributed by atoms with E-state index >= 15 is 0 Å². The monoisotopic (exact) mass is 238 g/mol. The van der Waals surface area contributed by atoms with Crippen LogP contribution in [0.5, 0.6) is 0 Å². The lowest BCUT2D eigenvalue weighted by atomic mass is 10.3. The number of thioether (sulfide) groups is 1. The molecule has 0 saturated heterocycles. The van der Waals surface area contributed by atoms with Crippen LogP contribution in [0.2, 0.25) is 0 Å². The zero-order valence-electron chi connectivity index (χ0n) is 7.43. The Hall–Kier alpha value is -0.950. The molecule has 80 valence electrons.